The van der Waals surface area contributed by atoms with Crippen LogP contribution >= 0.6 is 50.1 Å². The first-order valence-electron chi connectivity index (χ1n) is 9.76. The Morgan fingerprint density at radius 1 is 1.06 bits per heavy atom. The first-order chi connectivity index (χ1) is 16.2. The maximum absolute atomic E-state index is 13.3. The van der Waals surface area contributed by atoms with E-state index >= 15 is 0 Å². The molecule has 0 atom stereocenters. The minimum absolute atomic E-state index is 0.143. The van der Waals surface area contributed by atoms with Gasteiger partial charge in [-0.1, -0.05) is 23.7 Å². The van der Waals surface area contributed by atoms with Gasteiger partial charge in [0.05, 0.1) is 13.7 Å². The number of urea groups is 1. The van der Waals surface area contributed by atoms with Crippen LogP contribution in [0.4, 0.5) is 14.9 Å². The van der Waals surface area contributed by atoms with Crippen LogP contribution < -0.4 is 15.0 Å². The van der Waals surface area contributed by atoms with Crippen LogP contribution in [0, 0.1) is 9.39 Å². The van der Waals surface area contributed by atoms with Gasteiger partial charge in [-0.15, -0.1) is 0 Å². The van der Waals surface area contributed by atoms with E-state index in [1.54, 1.807) is 24.3 Å². The van der Waals surface area contributed by atoms with Gasteiger partial charge in [-0.3, -0.25) is 14.9 Å². The predicted molar refractivity (Wildman–Crippen MR) is 138 cm³/mol. The van der Waals surface area contributed by atoms with Crippen LogP contribution in [-0.2, 0) is 16.2 Å². The van der Waals surface area contributed by atoms with E-state index in [9.17, 15) is 18.8 Å². The number of hydrogen-bond acceptors (Lipinski definition) is 4. The number of nitrogens with one attached hydrogen (secondary N) is 1. The van der Waals surface area contributed by atoms with Crippen molar-refractivity contribution in [3.05, 3.63) is 96.2 Å². The summed E-state index contributed by atoms with van der Waals surface area (Å²) in [6.45, 7) is 0.321. The Balaban J connectivity index is 1.60. The fraction of sp³-hybridized carbons (Fsp3) is 0.0417. The minimum atomic E-state index is -0.902. The van der Waals surface area contributed by atoms with Crippen LogP contribution in [0.25, 0.3) is 6.08 Å². The Morgan fingerprint density at radius 3 is 2.38 bits per heavy atom. The van der Waals surface area contributed by atoms with E-state index in [1.807, 2.05) is 12.1 Å². The number of anilines is 1. The summed E-state index contributed by atoms with van der Waals surface area (Å²) in [4.78, 5) is 38.5. The molecule has 1 fully saturated rings. The van der Waals surface area contributed by atoms with Crippen molar-refractivity contribution in [3.8, 4) is 5.75 Å². The van der Waals surface area contributed by atoms with E-state index in [4.69, 9.17) is 16.3 Å². The second kappa shape index (κ2) is 10.2. The molecule has 34 heavy (non-hydrogen) atoms. The van der Waals surface area contributed by atoms with E-state index < -0.39 is 23.7 Å². The molecule has 1 aliphatic rings. The highest BCUT2D eigenvalue weighted by Crippen LogP contribution is 2.34. The number of rotatable bonds is 5. The Kier molecular flexibility index (Phi) is 7.34. The maximum Gasteiger partial charge on any atom is 0.335 e. The van der Waals surface area contributed by atoms with Crippen molar-refractivity contribution >= 4 is 79.7 Å². The highest BCUT2D eigenvalue weighted by atomic mass is 127. The zero-order valence-electron chi connectivity index (χ0n) is 17.2. The number of barbiturate groups is 1. The number of ether oxygens (including phenoxy) is 1. The van der Waals surface area contributed by atoms with E-state index in [-0.39, 0.29) is 11.3 Å². The third kappa shape index (κ3) is 5.31. The number of benzene rings is 3. The molecular formula is C24H14BrClFIN2O4. The SMILES string of the molecule is O=C1NC(=O)N(c2ccc(F)cc2)C(=O)/C1=C/c1cc(Br)c(OCc2ccc(Cl)cc2)c(I)c1. The normalized spacial score (nSPS) is 15.0. The highest BCUT2D eigenvalue weighted by Gasteiger charge is 2.36. The molecule has 3 aromatic carbocycles. The van der Waals surface area contributed by atoms with Crippen molar-refractivity contribution in [3.63, 3.8) is 0 Å². The number of carbonyl (C=O) groups excluding carboxylic acids is 3. The van der Waals surface area contributed by atoms with Gasteiger partial charge < -0.3 is 4.74 Å². The van der Waals surface area contributed by atoms with Gasteiger partial charge in [-0.2, -0.15) is 0 Å². The number of halogens is 4. The van der Waals surface area contributed by atoms with Crippen molar-refractivity contribution in [1.82, 2.24) is 5.32 Å². The largest absolute Gasteiger partial charge is 0.487 e. The van der Waals surface area contributed by atoms with E-state index in [0.29, 0.717) is 27.4 Å². The molecule has 4 amide bonds. The molecule has 3 aromatic rings. The molecule has 6 nitrogen and oxygen atoms in total. The first kappa shape index (κ1) is 24.4. The van der Waals surface area contributed by atoms with Gasteiger partial charge in [0.1, 0.15) is 23.7 Å². The molecule has 172 valence electrons. The Labute approximate surface area is 221 Å². The zero-order chi connectivity index (χ0) is 24.4. The van der Waals surface area contributed by atoms with Gasteiger partial charge in [0, 0.05) is 5.02 Å². The lowest BCUT2D eigenvalue weighted by molar-refractivity contribution is -0.122. The zero-order valence-corrected chi connectivity index (χ0v) is 21.6. The molecular weight excluding hydrogens is 642 g/mol. The summed E-state index contributed by atoms with van der Waals surface area (Å²) in [7, 11) is 0. The molecule has 4 rings (SSSR count). The smallest absolute Gasteiger partial charge is 0.335 e. The van der Waals surface area contributed by atoms with Gasteiger partial charge >= 0.3 is 6.03 Å². The molecule has 0 aliphatic carbocycles. The third-order valence-electron chi connectivity index (χ3n) is 4.81. The average molecular weight is 656 g/mol. The maximum atomic E-state index is 13.3. The van der Waals surface area contributed by atoms with Crippen LogP contribution in [0.15, 0.2) is 70.7 Å². The summed E-state index contributed by atoms with van der Waals surface area (Å²) in [5.41, 5.74) is 1.39. The topological polar surface area (TPSA) is 75.7 Å². The lowest BCUT2D eigenvalue weighted by Crippen LogP contribution is -2.54. The molecule has 1 aliphatic heterocycles. The van der Waals surface area contributed by atoms with Crippen molar-refractivity contribution in [1.29, 1.82) is 0 Å². The molecule has 0 bridgehead atoms. The molecule has 1 saturated heterocycles. The standard InChI is InChI=1S/C24H14BrClFIN2O4/c25-19-10-14(11-20(28)21(19)34-12-13-1-3-15(26)4-2-13)9-18-22(31)29-24(33)30(23(18)32)17-7-5-16(27)6-8-17/h1-11H,12H2,(H,29,31,33)/b18-9+. The molecule has 1 heterocycles. The van der Waals surface area contributed by atoms with Crippen LogP contribution in [0.2, 0.25) is 5.02 Å². The van der Waals surface area contributed by atoms with Gasteiger partial charge in [-0.05, 0) is 104 Å². The molecule has 0 unspecified atom stereocenters. The number of amides is 4. The Morgan fingerprint density at radius 2 is 1.74 bits per heavy atom. The summed E-state index contributed by atoms with van der Waals surface area (Å²) in [6, 6.07) is 14.6. The monoisotopic (exact) mass is 654 g/mol. The summed E-state index contributed by atoms with van der Waals surface area (Å²) < 4.78 is 20.6. The van der Waals surface area contributed by atoms with Gasteiger partial charge in [0.25, 0.3) is 11.8 Å². The van der Waals surface area contributed by atoms with E-state index in [0.717, 1.165) is 26.2 Å². The van der Waals surface area contributed by atoms with Crippen molar-refractivity contribution in [2.75, 3.05) is 4.90 Å². The van der Waals surface area contributed by atoms with Gasteiger partial charge in [0.2, 0.25) is 0 Å². The molecule has 0 aromatic heterocycles. The van der Waals surface area contributed by atoms with Crippen molar-refractivity contribution in [2.45, 2.75) is 6.61 Å². The second-order valence-electron chi connectivity index (χ2n) is 7.16. The molecule has 0 spiro atoms. The van der Waals surface area contributed by atoms with E-state index in [2.05, 4.69) is 43.8 Å². The van der Waals surface area contributed by atoms with Crippen LogP contribution in [0.5, 0.6) is 5.75 Å². The van der Waals surface area contributed by atoms with Gasteiger partial charge in [0.15, 0.2) is 0 Å². The van der Waals surface area contributed by atoms with Gasteiger partial charge in [-0.25, -0.2) is 14.1 Å². The number of imide groups is 2. The summed E-state index contributed by atoms with van der Waals surface area (Å²) in [5.74, 6) is -1.55. The Bertz CT molecular complexity index is 1310. The molecule has 1 N–H and O–H groups in total. The number of nitrogens with zero attached hydrogens (tertiary/aromatic N) is 1. The molecule has 10 heteroatoms. The fourth-order valence-electron chi connectivity index (χ4n) is 3.19. The number of hydrogen-bond donors (Lipinski definition) is 1. The van der Waals surface area contributed by atoms with Crippen molar-refractivity contribution < 1.29 is 23.5 Å². The summed E-state index contributed by atoms with van der Waals surface area (Å²) >= 11 is 11.5. The molecule has 0 radical (unpaired) electrons. The fourth-order valence-corrected chi connectivity index (χ4v) is 5.08. The van der Waals surface area contributed by atoms with E-state index in [1.165, 1.54) is 18.2 Å². The number of carbonyl (C=O) groups is 3. The van der Waals surface area contributed by atoms with Crippen LogP contribution in [0.3, 0.4) is 0 Å². The minimum Gasteiger partial charge on any atom is -0.487 e. The summed E-state index contributed by atoms with van der Waals surface area (Å²) in [5, 5.41) is 2.78. The lowest BCUT2D eigenvalue weighted by Gasteiger charge is -2.26. The quantitative estimate of drug-likeness (QED) is 0.205. The highest BCUT2D eigenvalue weighted by molar-refractivity contribution is 14.1. The predicted octanol–water partition coefficient (Wildman–Crippen LogP) is 6.09. The van der Waals surface area contributed by atoms with Crippen LogP contribution in [-0.4, -0.2) is 17.8 Å². The molecule has 0 saturated carbocycles. The van der Waals surface area contributed by atoms with Crippen LogP contribution in [0.1, 0.15) is 11.1 Å². The second-order valence-corrected chi connectivity index (χ2v) is 9.62. The van der Waals surface area contributed by atoms with Crippen molar-refractivity contribution in [2.24, 2.45) is 0 Å². The summed E-state index contributed by atoms with van der Waals surface area (Å²) in [6.07, 6.45) is 1.39. The first-order valence-corrected chi connectivity index (χ1v) is 12.0. The lowest BCUT2D eigenvalue weighted by atomic mass is 10.1. The average Bonchev–Trinajstić information content (AvgIpc) is 2.78. The Hall–Kier alpha value is -2.76. The third-order valence-corrected chi connectivity index (χ3v) is 6.46.